The van der Waals surface area contributed by atoms with E-state index in [4.69, 9.17) is 0 Å². The van der Waals surface area contributed by atoms with E-state index < -0.39 is 0 Å². The van der Waals surface area contributed by atoms with Gasteiger partial charge in [-0.15, -0.1) is 0 Å². The fourth-order valence-corrected chi connectivity index (χ4v) is 2.40. The second kappa shape index (κ2) is 6.24. The maximum atomic E-state index is 10.2. The number of aliphatic hydroxyl groups is 1. The lowest BCUT2D eigenvalue weighted by Crippen LogP contribution is -2.50. The topological polar surface area (TPSA) is 44.5 Å². The smallest absolute Gasteiger partial charge is 0.122 e. The van der Waals surface area contributed by atoms with E-state index in [-0.39, 0.29) is 11.5 Å². The molecule has 0 unspecified atom stereocenters. The quantitative estimate of drug-likeness (QED) is 0.892. The summed E-state index contributed by atoms with van der Waals surface area (Å²) < 4.78 is 2.08. The Morgan fingerprint density at radius 1 is 1.20 bits per heavy atom. The van der Waals surface area contributed by atoms with Gasteiger partial charge in [-0.05, 0) is 5.41 Å². The van der Waals surface area contributed by atoms with Crippen LogP contribution in [-0.2, 0) is 13.6 Å². The molecule has 0 bridgehead atoms. The highest BCUT2D eigenvalue weighted by Gasteiger charge is 2.26. The molecule has 1 aliphatic rings. The Bertz CT molecular complexity index is 416. The monoisotopic (exact) mass is 280 g/mol. The predicted molar refractivity (Wildman–Crippen MR) is 80.4 cm³/mol. The maximum Gasteiger partial charge on any atom is 0.122 e. The standard InChI is InChI=1S/C15H28N4O/c1-15(2,3)13(20)11-18-7-9-19(10-8-18)12-14-16-5-6-17(14)4/h5-6,13,20H,7-12H2,1-4H3/t13-/m0/s1. The molecule has 0 spiro atoms. The van der Waals surface area contributed by atoms with Crippen LogP contribution in [0.15, 0.2) is 12.4 Å². The number of β-amino-alcohol motifs (C(OH)–C–C–N with tert-alkyl or cyclic N) is 1. The third-order valence-corrected chi connectivity index (χ3v) is 4.18. The zero-order valence-electron chi connectivity index (χ0n) is 13.2. The SMILES string of the molecule is Cn1ccnc1CN1CCN(C[C@H](O)C(C)(C)C)CC1. The number of aromatic nitrogens is 2. The summed E-state index contributed by atoms with van der Waals surface area (Å²) in [5, 5.41) is 10.2. The van der Waals surface area contributed by atoms with Gasteiger partial charge in [0.05, 0.1) is 12.6 Å². The Morgan fingerprint density at radius 2 is 1.80 bits per heavy atom. The van der Waals surface area contributed by atoms with Gasteiger partial charge in [-0.25, -0.2) is 4.98 Å². The van der Waals surface area contributed by atoms with Crippen LogP contribution in [0.1, 0.15) is 26.6 Å². The molecule has 1 atom stereocenters. The molecular weight excluding hydrogens is 252 g/mol. The highest BCUT2D eigenvalue weighted by molar-refractivity contribution is 4.92. The minimum atomic E-state index is -0.261. The van der Waals surface area contributed by atoms with Crippen molar-refractivity contribution in [2.75, 3.05) is 32.7 Å². The highest BCUT2D eigenvalue weighted by atomic mass is 16.3. The number of hydrogen-bond acceptors (Lipinski definition) is 4. The van der Waals surface area contributed by atoms with E-state index in [1.165, 1.54) is 0 Å². The largest absolute Gasteiger partial charge is 0.391 e. The van der Waals surface area contributed by atoms with Crippen molar-refractivity contribution < 1.29 is 5.11 Å². The molecule has 2 heterocycles. The van der Waals surface area contributed by atoms with Crippen molar-refractivity contribution in [3.63, 3.8) is 0 Å². The molecule has 5 nitrogen and oxygen atoms in total. The van der Waals surface area contributed by atoms with E-state index in [2.05, 4.69) is 40.1 Å². The second-order valence-electron chi connectivity index (χ2n) is 6.91. The summed E-state index contributed by atoms with van der Waals surface area (Å²) in [5.74, 6) is 1.12. The zero-order valence-corrected chi connectivity index (χ0v) is 13.2. The lowest BCUT2D eigenvalue weighted by atomic mass is 9.89. The molecule has 20 heavy (non-hydrogen) atoms. The molecule has 0 radical (unpaired) electrons. The Morgan fingerprint density at radius 3 is 2.30 bits per heavy atom. The minimum Gasteiger partial charge on any atom is -0.391 e. The number of aryl methyl sites for hydroxylation is 1. The van der Waals surface area contributed by atoms with Crippen molar-refractivity contribution in [3.05, 3.63) is 18.2 Å². The highest BCUT2D eigenvalue weighted by Crippen LogP contribution is 2.20. The summed E-state index contributed by atoms with van der Waals surface area (Å²) in [5.41, 5.74) is -0.0376. The van der Waals surface area contributed by atoms with Gasteiger partial charge in [-0.3, -0.25) is 9.80 Å². The van der Waals surface area contributed by atoms with Crippen molar-refractivity contribution in [1.29, 1.82) is 0 Å². The van der Waals surface area contributed by atoms with E-state index >= 15 is 0 Å². The first-order chi connectivity index (χ1) is 9.36. The predicted octanol–water partition coefficient (Wildman–Crippen LogP) is 0.945. The van der Waals surface area contributed by atoms with Gasteiger partial charge in [-0.2, -0.15) is 0 Å². The molecule has 1 fully saturated rings. The van der Waals surface area contributed by atoms with Crippen LogP contribution in [0.3, 0.4) is 0 Å². The fraction of sp³-hybridized carbons (Fsp3) is 0.800. The molecule has 2 rings (SSSR count). The number of aliphatic hydroxyl groups excluding tert-OH is 1. The van der Waals surface area contributed by atoms with Crippen LogP contribution in [0.5, 0.6) is 0 Å². The van der Waals surface area contributed by atoms with Crippen molar-refractivity contribution in [3.8, 4) is 0 Å². The van der Waals surface area contributed by atoms with Crippen LogP contribution >= 0.6 is 0 Å². The number of imidazole rings is 1. The summed E-state index contributed by atoms with van der Waals surface area (Å²) in [4.78, 5) is 9.18. The van der Waals surface area contributed by atoms with Gasteiger partial charge in [0.2, 0.25) is 0 Å². The van der Waals surface area contributed by atoms with E-state index in [1.807, 2.05) is 19.4 Å². The van der Waals surface area contributed by atoms with Gasteiger partial charge in [0, 0.05) is 52.2 Å². The van der Waals surface area contributed by atoms with Crippen molar-refractivity contribution in [1.82, 2.24) is 19.4 Å². The Labute approximate surface area is 122 Å². The lowest BCUT2D eigenvalue weighted by Gasteiger charge is -2.37. The molecule has 1 aromatic heterocycles. The van der Waals surface area contributed by atoms with Gasteiger partial charge < -0.3 is 9.67 Å². The second-order valence-corrected chi connectivity index (χ2v) is 6.91. The van der Waals surface area contributed by atoms with Crippen molar-refractivity contribution in [2.45, 2.75) is 33.4 Å². The van der Waals surface area contributed by atoms with Gasteiger partial charge in [0.15, 0.2) is 0 Å². The van der Waals surface area contributed by atoms with E-state index in [0.29, 0.717) is 0 Å². The molecule has 5 heteroatoms. The van der Waals surface area contributed by atoms with E-state index in [9.17, 15) is 5.11 Å². The molecule has 1 saturated heterocycles. The zero-order chi connectivity index (χ0) is 14.8. The molecule has 1 aliphatic heterocycles. The first-order valence-electron chi connectivity index (χ1n) is 7.45. The Kier molecular flexibility index (Phi) is 4.83. The third kappa shape index (κ3) is 4.04. The van der Waals surface area contributed by atoms with E-state index in [0.717, 1.165) is 45.1 Å². The van der Waals surface area contributed by atoms with Crippen LogP contribution in [0.2, 0.25) is 0 Å². The molecule has 0 saturated carbocycles. The van der Waals surface area contributed by atoms with Crippen molar-refractivity contribution in [2.24, 2.45) is 12.5 Å². The van der Waals surface area contributed by atoms with Crippen molar-refractivity contribution >= 4 is 0 Å². The van der Waals surface area contributed by atoms with Gasteiger partial charge >= 0.3 is 0 Å². The summed E-state index contributed by atoms with van der Waals surface area (Å²) >= 11 is 0. The number of rotatable bonds is 4. The summed E-state index contributed by atoms with van der Waals surface area (Å²) in [6.45, 7) is 12.1. The molecule has 1 aromatic rings. The van der Waals surface area contributed by atoms with Crippen LogP contribution < -0.4 is 0 Å². The average Bonchev–Trinajstić information content (AvgIpc) is 2.76. The summed E-state index contributed by atoms with van der Waals surface area (Å²) in [7, 11) is 2.04. The number of nitrogens with zero attached hydrogens (tertiary/aromatic N) is 4. The molecule has 0 aliphatic carbocycles. The summed E-state index contributed by atoms with van der Waals surface area (Å²) in [6, 6.07) is 0. The molecule has 1 N–H and O–H groups in total. The number of piperazine rings is 1. The van der Waals surface area contributed by atoms with Crippen LogP contribution in [0, 0.1) is 5.41 Å². The van der Waals surface area contributed by atoms with Gasteiger partial charge in [0.25, 0.3) is 0 Å². The van der Waals surface area contributed by atoms with Gasteiger partial charge in [-0.1, -0.05) is 20.8 Å². The first-order valence-corrected chi connectivity index (χ1v) is 7.45. The Balaban J connectivity index is 1.77. The van der Waals surface area contributed by atoms with Crippen LogP contribution in [0.4, 0.5) is 0 Å². The van der Waals surface area contributed by atoms with E-state index in [1.54, 1.807) is 0 Å². The minimum absolute atomic E-state index is 0.0376. The molecule has 0 amide bonds. The fourth-order valence-electron chi connectivity index (χ4n) is 2.40. The third-order valence-electron chi connectivity index (χ3n) is 4.18. The molecule has 0 aromatic carbocycles. The first kappa shape index (κ1) is 15.5. The van der Waals surface area contributed by atoms with Crippen LogP contribution in [-0.4, -0.2) is 63.3 Å². The molecule has 114 valence electrons. The van der Waals surface area contributed by atoms with Crippen LogP contribution in [0.25, 0.3) is 0 Å². The molecular formula is C15H28N4O. The Hall–Kier alpha value is -0.910. The lowest BCUT2D eigenvalue weighted by molar-refractivity contribution is 0.0122. The summed E-state index contributed by atoms with van der Waals surface area (Å²) in [6.07, 6.45) is 3.58. The number of hydrogen-bond donors (Lipinski definition) is 1. The average molecular weight is 280 g/mol. The maximum absolute atomic E-state index is 10.2. The van der Waals surface area contributed by atoms with Gasteiger partial charge in [0.1, 0.15) is 5.82 Å². The normalized spacial score (nSPS) is 20.2.